The summed E-state index contributed by atoms with van der Waals surface area (Å²) >= 11 is 0. The first-order valence-electron chi connectivity index (χ1n) is 7.28. The number of piperidine rings is 1. The highest BCUT2D eigenvalue weighted by Gasteiger charge is 2.25. The minimum atomic E-state index is 0.0303. The molecule has 1 amide bonds. The molecule has 1 fully saturated rings. The summed E-state index contributed by atoms with van der Waals surface area (Å²) < 4.78 is 4.99. The highest BCUT2D eigenvalue weighted by Crippen LogP contribution is 2.19. The maximum atomic E-state index is 12.0. The second-order valence-corrected chi connectivity index (χ2v) is 5.15. The van der Waals surface area contributed by atoms with Gasteiger partial charge in [0.15, 0.2) is 0 Å². The molecular formula is C14H28N2O2. The van der Waals surface area contributed by atoms with Crippen LogP contribution in [-0.4, -0.2) is 38.8 Å². The number of carbonyl (C=O) groups excluding carboxylic acids is 1. The predicted molar refractivity (Wildman–Crippen MR) is 73.5 cm³/mol. The van der Waals surface area contributed by atoms with E-state index in [1.807, 2.05) is 0 Å². The molecule has 0 bridgehead atoms. The lowest BCUT2D eigenvalue weighted by Gasteiger charge is -2.28. The van der Waals surface area contributed by atoms with E-state index in [-0.39, 0.29) is 11.9 Å². The molecule has 0 aromatic rings. The van der Waals surface area contributed by atoms with Crippen molar-refractivity contribution in [3.8, 4) is 0 Å². The summed E-state index contributed by atoms with van der Waals surface area (Å²) in [4.78, 5) is 12.0. The van der Waals surface area contributed by atoms with Crippen molar-refractivity contribution in [2.75, 3.05) is 26.8 Å². The van der Waals surface area contributed by atoms with Gasteiger partial charge in [-0.15, -0.1) is 0 Å². The Balaban J connectivity index is 2.08. The van der Waals surface area contributed by atoms with Gasteiger partial charge in [-0.1, -0.05) is 13.3 Å². The molecular weight excluding hydrogens is 228 g/mol. The maximum absolute atomic E-state index is 12.0. The number of methoxy groups -OCH3 is 1. The Labute approximate surface area is 111 Å². The molecule has 2 unspecified atom stereocenters. The maximum Gasteiger partial charge on any atom is 0.237 e. The van der Waals surface area contributed by atoms with Gasteiger partial charge in [-0.3, -0.25) is 4.79 Å². The number of nitrogens with one attached hydrogen (secondary N) is 2. The summed E-state index contributed by atoms with van der Waals surface area (Å²) in [6, 6.07) is 0.0303. The first kappa shape index (κ1) is 15.4. The molecule has 4 heteroatoms. The lowest BCUT2D eigenvalue weighted by molar-refractivity contribution is -0.124. The van der Waals surface area contributed by atoms with E-state index in [1.165, 1.54) is 12.8 Å². The van der Waals surface area contributed by atoms with E-state index in [0.717, 1.165) is 45.4 Å². The van der Waals surface area contributed by atoms with Crippen molar-refractivity contribution in [1.29, 1.82) is 0 Å². The Morgan fingerprint density at radius 1 is 1.39 bits per heavy atom. The Morgan fingerprint density at radius 2 is 2.22 bits per heavy atom. The van der Waals surface area contributed by atoms with Crippen LogP contribution >= 0.6 is 0 Å². The van der Waals surface area contributed by atoms with Gasteiger partial charge in [-0.25, -0.2) is 0 Å². The summed E-state index contributed by atoms with van der Waals surface area (Å²) in [5.74, 6) is 0.892. The largest absolute Gasteiger partial charge is 0.385 e. The van der Waals surface area contributed by atoms with E-state index >= 15 is 0 Å². The van der Waals surface area contributed by atoms with Crippen molar-refractivity contribution >= 4 is 5.91 Å². The molecule has 0 saturated carbocycles. The Morgan fingerprint density at radius 3 is 2.94 bits per heavy atom. The van der Waals surface area contributed by atoms with Gasteiger partial charge in [0.25, 0.3) is 0 Å². The van der Waals surface area contributed by atoms with Crippen LogP contribution < -0.4 is 10.6 Å². The number of hydrogen-bond acceptors (Lipinski definition) is 3. The fraction of sp³-hybridized carbons (Fsp3) is 0.929. The van der Waals surface area contributed by atoms with Gasteiger partial charge in [0.2, 0.25) is 5.91 Å². The van der Waals surface area contributed by atoms with Gasteiger partial charge in [0.1, 0.15) is 0 Å². The Bertz CT molecular complexity index is 234. The number of amides is 1. The van der Waals surface area contributed by atoms with E-state index in [0.29, 0.717) is 5.92 Å². The minimum Gasteiger partial charge on any atom is -0.385 e. The van der Waals surface area contributed by atoms with E-state index in [1.54, 1.807) is 7.11 Å². The molecule has 106 valence electrons. The third-order valence-electron chi connectivity index (χ3n) is 3.73. The fourth-order valence-electron chi connectivity index (χ4n) is 2.45. The number of carbonyl (C=O) groups is 1. The average Bonchev–Trinajstić information content (AvgIpc) is 2.42. The molecule has 0 aliphatic carbocycles. The Kier molecular flexibility index (Phi) is 8.01. The molecule has 0 aromatic heterocycles. The van der Waals surface area contributed by atoms with Crippen LogP contribution in [0.2, 0.25) is 0 Å². The summed E-state index contributed by atoms with van der Waals surface area (Å²) in [5.41, 5.74) is 0. The van der Waals surface area contributed by atoms with Gasteiger partial charge >= 0.3 is 0 Å². The molecule has 1 aliphatic heterocycles. The van der Waals surface area contributed by atoms with Gasteiger partial charge in [-0.2, -0.15) is 0 Å². The molecule has 1 rings (SSSR count). The van der Waals surface area contributed by atoms with Crippen molar-refractivity contribution in [3.63, 3.8) is 0 Å². The van der Waals surface area contributed by atoms with Gasteiger partial charge in [0.05, 0.1) is 6.04 Å². The zero-order chi connectivity index (χ0) is 13.2. The average molecular weight is 256 g/mol. The normalized spacial score (nSPS) is 23.9. The molecule has 0 spiro atoms. The smallest absolute Gasteiger partial charge is 0.237 e. The van der Waals surface area contributed by atoms with Crippen LogP contribution in [0.25, 0.3) is 0 Å². The molecule has 18 heavy (non-hydrogen) atoms. The van der Waals surface area contributed by atoms with Crippen LogP contribution in [0.3, 0.4) is 0 Å². The first-order valence-corrected chi connectivity index (χ1v) is 7.28. The number of ether oxygens (including phenoxy) is 1. The lowest BCUT2D eigenvalue weighted by atomic mass is 9.90. The molecule has 0 radical (unpaired) electrons. The number of hydrogen-bond donors (Lipinski definition) is 2. The van der Waals surface area contributed by atoms with E-state index < -0.39 is 0 Å². The molecule has 4 nitrogen and oxygen atoms in total. The summed E-state index contributed by atoms with van der Waals surface area (Å²) in [6.07, 6.45) is 6.61. The molecule has 0 aromatic carbocycles. The van der Waals surface area contributed by atoms with E-state index in [9.17, 15) is 4.79 Å². The monoisotopic (exact) mass is 256 g/mol. The third kappa shape index (κ3) is 5.83. The van der Waals surface area contributed by atoms with Crippen LogP contribution in [-0.2, 0) is 9.53 Å². The number of unbranched alkanes of at least 4 members (excludes halogenated alkanes) is 2. The van der Waals surface area contributed by atoms with Gasteiger partial charge in [-0.05, 0) is 44.6 Å². The lowest BCUT2D eigenvalue weighted by Crippen LogP contribution is -2.48. The number of rotatable bonds is 8. The molecule has 2 atom stereocenters. The van der Waals surface area contributed by atoms with Crippen molar-refractivity contribution in [2.45, 2.75) is 51.5 Å². The van der Waals surface area contributed by atoms with Crippen molar-refractivity contribution in [2.24, 2.45) is 5.92 Å². The highest BCUT2D eigenvalue weighted by molar-refractivity contribution is 5.81. The second kappa shape index (κ2) is 9.34. The molecule has 2 N–H and O–H groups in total. The predicted octanol–water partition coefficient (Wildman–Crippen LogP) is 1.70. The third-order valence-corrected chi connectivity index (χ3v) is 3.73. The molecule has 1 aliphatic rings. The van der Waals surface area contributed by atoms with Crippen molar-refractivity contribution < 1.29 is 9.53 Å². The summed E-state index contributed by atoms with van der Waals surface area (Å²) in [7, 11) is 1.72. The van der Waals surface area contributed by atoms with Crippen LogP contribution in [0.5, 0.6) is 0 Å². The quantitative estimate of drug-likeness (QED) is 0.650. The highest BCUT2D eigenvalue weighted by atomic mass is 16.5. The zero-order valence-corrected chi connectivity index (χ0v) is 11.8. The van der Waals surface area contributed by atoms with E-state index in [4.69, 9.17) is 4.74 Å². The van der Waals surface area contributed by atoms with E-state index in [2.05, 4.69) is 17.6 Å². The topological polar surface area (TPSA) is 50.4 Å². The van der Waals surface area contributed by atoms with Crippen molar-refractivity contribution in [3.05, 3.63) is 0 Å². The fourth-order valence-corrected chi connectivity index (χ4v) is 2.45. The summed E-state index contributed by atoms with van der Waals surface area (Å²) in [5, 5.41) is 6.34. The zero-order valence-electron chi connectivity index (χ0n) is 11.8. The van der Waals surface area contributed by atoms with Crippen molar-refractivity contribution in [1.82, 2.24) is 10.6 Å². The Hall–Kier alpha value is -0.610. The second-order valence-electron chi connectivity index (χ2n) is 5.15. The van der Waals surface area contributed by atoms with Gasteiger partial charge < -0.3 is 15.4 Å². The van der Waals surface area contributed by atoms with Crippen LogP contribution in [0.1, 0.15) is 45.4 Å². The van der Waals surface area contributed by atoms with Crippen LogP contribution in [0.4, 0.5) is 0 Å². The van der Waals surface area contributed by atoms with Gasteiger partial charge in [0, 0.05) is 20.3 Å². The van der Waals surface area contributed by atoms with Crippen LogP contribution in [0.15, 0.2) is 0 Å². The molecule has 1 saturated heterocycles. The van der Waals surface area contributed by atoms with Crippen LogP contribution in [0, 0.1) is 5.92 Å². The molecule has 1 heterocycles. The SMILES string of the molecule is CCC1CCNC(C(=O)NCCCCCOC)C1. The summed E-state index contributed by atoms with van der Waals surface area (Å²) in [6.45, 7) is 4.79. The first-order chi connectivity index (χ1) is 8.77. The minimum absolute atomic E-state index is 0.0303. The standard InChI is InChI=1S/C14H28N2O2/c1-3-12-7-9-15-13(11-12)14(17)16-8-5-4-6-10-18-2/h12-13,15H,3-11H2,1-2H3,(H,16,17).